The molecule has 0 atom stereocenters. The molecule has 0 bridgehead atoms. The van der Waals surface area contributed by atoms with Crippen molar-refractivity contribution in [2.24, 2.45) is 0 Å². The van der Waals surface area contributed by atoms with Crippen LogP contribution in [0.5, 0.6) is 17.2 Å². The van der Waals surface area contributed by atoms with E-state index in [9.17, 15) is 0 Å². The second-order valence-corrected chi connectivity index (χ2v) is 6.06. The molecule has 4 nitrogen and oxygen atoms in total. The van der Waals surface area contributed by atoms with Crippen molar-refractivity contribution in [2.45, 2.75) is 19.8 Å². The highest BCUT2D eigenvalue weighted by Crippen LogP contribution is 2.28. The Morgan fingerprint density at radius 3 is 1.96 bits per heavy atom. The monoisotopic (exact) mass is 356 g/mol. The van der Waals surface area contributed by atoms with Gasteiger partial charge in [0.05, 0.1) is 5.56 Å². The number of hydrogen-bond donors (Lipinski definition) is 1. The smallest absolute Gasteiger partial charge is 0.146 e. The molecule has 0 aliphatic carbocycles. The van der Waals surface area contributed by atoms with Crippen molar-refractivity contribution in [3.05, 3.63) is 89.5 Å². The Balaban J connectivity index is 0.000000313. The van der Waals surface area contributed by atoms with E-state index in [0.717, 1.165) is 0 Å². The first-order valence-corrected chi connectivity index (χ1v) is 8.50. The van der Waals surface area contributed by atoms with Crippen molar-refractivity contribution in [3.63, 3.8) is 0 Å². The van der Waals surface area contributed by atoms with Crippen LogP contribution in [-0.4, -0.2) is 5.11 Å². The number of phenolic OH excluding ortho intramolecular Hbond substituents is 1. The van der Waals surface area contributed by atoms with Gasteiger partial charge in [0.25, 0.3) is 0 Å². The van der Waals surface area contributed by atoms with Crippen molar-refractivity contribution in [2.75, 3.05) is 0 Å². The molecule has 0 aliphatic heterocycles. The minimum Gasteiger partial charge on any atom is -0.508 e. The average Bonchev–Trinajstić information content (AvgIpc) is 2.69. The Kier molecular flexibility index (Phi) is 6.99. The molecular formula is C23H20N2O2. The molecule has 0 unspecified atom stereocenters. The summed E-state index contributed by atoms with van der Waals surface area (Å²) in [5.74, 6) is 1.84. The number of aromatic hydroxyl groups is 1. The molecule has 3 aromatic carbocycles. The normalized spacial score (nSPS) is 9.52. The quantitative estimate of drug-likeness (QED) is 0.649. The summed E-state index contributed by atoms with van der Waals surface area (Å²) in [5, 5.41) is 26.8. The zero-order valence-electron chi connectivity index (χ0n) is 15.3. The molecule has 0 spiro atoms. The van der Waals surface area contributed by atoms with Gasteiger partial charge in [0.2, 0.25) is 0 Å². The molecule has 1 N–H and O–H groups in total. The molecule has 0 saturated carbocycles. The van der Waals surface area contributed by atoms with Crippen LogP contribution in [0.15, 0.2) is 72.8 Å². The minimum absolute atomic E-state index is 0.267. The van der Waals surface area contributed by atoms with Crippen molar-refractivity contribution in [3.8, 4) is 29.4 Å². The first-order valence-electron chi connectivity index (χ1n) is 8.50. The highest BCUT2D eigenvalue weighted by Gasteiger charge is 2.09. The Hall–Kier alpha value is -3.76. The van der Waals surface area contributed by atoms with E-state index in [1.54, 1.807) is 42.5 Å². The molecule has 3 aromatic rings. The third-order valence-electron chi connectivity index (χ3n) is 3.79. The summed E-state index contributed by atoms with van der Waals surface area (Å²) in [6, 6.07) is 25.5. The van der Waals surface area contributed by atoms with Crippen molar-refractivity contribution < 1.29 is 9.84 Å². The minimum atomic E-state index is 0.267. The summed E-state index contributed by atoms with van der Waals surface area (Å²) in [7, 11) is 0. The van der Waals surface area contributed by atoms with Gasteiger partial charge in [-0.05, 0) is 47.9 Å². The van der Waals surface area contributed by atoms with Crippen molar-refractivity contribution in [1.29, 1.82) is 10.5 Å². The summed E-state index contributed by atoms with van der Waals surface area (Å²) < 4.78 is 5.70. The lowest BCUT2D eigenvalue weighted by atomic mass is 10.0. The van der Waals surface area contributed by atoms with Gasteiger partial charge in [-0.3, -0.25) is 0 Å². The van der Waals surface area contributed by atoms with E-state index in [1.807, 2.05) is 42.5 Å². The largest absolute Gasteiger partial charge is 0.508 e. The van der Waals surface area contributed by atoms with E-state index in [0.29, 0.717) is 28.7 Å². The fourth-order valence-electron chi connectivity index (χ4n) is 2.30. The van der Waals surface area contributed by atoms with Gasteiger partial charge in [-0.15, -0.1) is 0 Å². The van der Waals surface area contributed by atoms with Crippen LogP contribution in [-0.2, 0) is 0 Å². The van der Waals surface area contributed by atoms with Crippen LogP contribution in [0.2, 0.25) is 0 Å². The van der Waals surface area contributed by atoms with E-state index in [4.69, 9.17) is 20.4 Å². The maximum atomic E-state index is 9.14. The predicted octanol–water partition coefficient (Wildman–Crippen LogP) is 5.74. The summed E-state index contributed by atoms with van der Waals surface area (Å²) in [6.07, 6.45) is 0. The fraction of sp³-hybridized carbons (Fsp3) is 0.130. The van der Waals surface area contributed by atoms with Crippen LogP contribution < -0.4 is 4.74 Å². The Labute approximate surface area is 159 Å². The van der Waals surface area contributed by atoms with E-state index in [2.05, 4.69) is 13.8 Å². The molecule has 0 saturated heterocycles. The molecule has 0 amide bonds. The van der Waals surface area contributed by atoms with Gasteiger partial charge >= 0.3 is 0 Å². The Morgan fingerprint density at radius 2 is 1.48 bits per heavy atom. The second kappa shape index (κ2) is 9.65. The molecule has 4 heteroatoms. The lowest BCUT2D eigenvalue weighted by molar-refractivity contribution is 0.475. The zero-order valence-corrected chi connectivity index (χ0v) is 15.3. The standard InChI is InChI=1S/C17H14N2O.C6H6O/c1-12(2)13-6-8-15(9-7-13)20-17-5-3-4-14(10-18)16(17)11-19;7-6-4-2-1-3-5-6/h3-9,12H,1-2H3;1-5,7H. The third kappa shape index (κ3) is 5.63. The highest BCUT2D eigenvalue weighted by atomic mass is 16.5. The number of nitriles is 2. The SMILES string of the molecule is CC(C)c1ccc(Oc2cccc(C#N)c2C#N)cc1.Oc1ccccc1. The van der Waals surface area contributed by atoms with E-state index in [1.165, 1.54) is 5.56 Å². The van der Waals surface area contributed by atoms with E-state index >= 15 is 0 Å². The molecule has 134 valence electrons. The number of rotatable bonds is 3. The number of ether oxygens (including phenoxy) is 1. The number of para-hydroxylation sites is 1. The lowest BCUT2D eigenvalue weighted by Gasteiger charge is -2.10. The summed E-state index contributed by atoms with van der Waals surface area (Å²) in [5.41, 5.74) is 1.82. The molecule has 0 aliphatic rings. The number of phenols is 1. The van der Waals surface area contributed by atoms with Crippen LogP contribution in [0.4, 0.5) is 0 Å². The maximum Gasteiger partial charge on any atom is 0.146 e. The van der Waals surface area contributed by atoms with Crippen LogP contribution in [0.25, 0.3) is 0 Å². The van der Waals surface area contributed by atoms with Crippen molar-refractivity contribution in [1.82, 2.24) is 0 Å². The molecule has 0 heterocycles. The van der Waals surface area contributed by atoms with Crippen molar-refractivity contribution >= 4 is 0 Å². The van der Waals surface area contributed by atoms with Gasteiger partial charge in [-0.2, -0.15) is 10.5 Å². The predicted molar refractivity (Wildman–Crippen MR) is 105 cm³/mol. The van der Waals surface area contributed by atoms with Gasteiger partial charge in [0, 0.05) is 0 Å². The van der Waals surface area contributed by atoms with Gasteiger partial charge in [0.15, 0.2) is 0 Å². The number of hydrogen-bond acceptors (Lipinski definition) is 4. The Bertz CT molecular complexity index is 950. The molecule has 27 heavy (non-hydrogen) atoms. The summed E-state index contributed by atoms with van der Waals surface area (Å²) in [6.45, 7) is 4.25. The van der Waals surface area contributed by atoms with Gasteiger partial charge < -0.3 is 9.84 Å². The van der Waals surface area contributed by atoms with Gasteiger partial charge in [-0.25, -0.2) is 0 Å². The van der Waals surface area contributed by atoms with E-state index < -0.39 is 0 Å². The first-order chi connectivity index (χ1) is 13.0. The maximum absolute atomic E-state index is 9.14. The molecule has 3 rings (SSSR count). The van der Waals surface area contributed by atoms with Gasteiger partial charge in [0.1, 0.15) is 35.0 Å². The van der Waals surface area contributed by atoms with Crippen LogP contribution in [0.3, 0.4) is 0 Å². The van der Waals surface area contributed by atoms with Crippen LogP contribution >= 0.6 is 0 Å². The topological polar surface area (TPSA) is 77.0 Å². The fourth-order valence-corrected chi connectivity index (χ4v) is 2.30. The summed E-state index contributed by atoms with van der Waals surface area (Å²) in [4.78, 5) is 0. The lowest BCUT2D eigenvalue weighted by Crippen LogP contribution is -1.92. The van der Waals surface area contributed by atoms with E-state index in [-0.39, 0.29) is 5.56 Å². The third-order valence-corrected chi connectivity index (χ3v) is 3.79. The van der Waals surface area contributed by atoms with Crippen LogP contribution in [0, 0.1) is 22.7 Å². The summed E-state index contributed by atoms with van der Waals surface area (Å²) >= 11 is 0. The van der Waals surface area contributed by atoms with Gasteiger partial charge in [-0.1, -0.05) is 50.2 Å². The number of benzene rings is 3. The molecule has 0 radical (unpaired) electrons. The molecular weight excluding hydrogens is 336 g/mol. The van der Waals surface area contributed by atoms with Crippen LogP contribution in [0.1, 0.15) is 36.5 Å². The average molecular weight is 356 g/mol. The Morgan fingerprint density at radius 1 is 0.815 bits per heavy atom. The highest BCUT2D eigenvalue weighted by molar-refractivity contribution is 5.55. The zero-order chi connectivity index (χ0) is 19.6. The number of nitrogens with zero attached hydrogens (tertiary/aromatic N) is 2. The molecule has 0 aromatic heterocycles. The second-order valence-electron chi connectivity index (χ2n) is 6.06. The first kappa shape index (κ1) is 19.6. The molecule has 0 fully saturated rings.